The van der Waals surface area contributed by atoms with E-state index in [0.717, 1.165) is 34.1 Å². The van der Waals surface area contributed by atoms with E-state index in [1.165, 1.54) is 11.3 Å². The second-order valence-electron chi connectivity index (χ2n) is 5.85. The van der Waals surface area contributed by atoms with Gasteiger partial charge in [-0.2, -0.15) is 5.26 Å². The van der Waals surface area contributed by atoms with Crippen molar-refractivity contribution >= 4 is 40.4 Å². The standard InChI is InChI=1S/C19H16N4OS.C2H7NS/c1-14-18(13-24)22-19(25-14)23(11-9-16-4-2-3-10-21-16)17-7-5-15(12-20)6-8-17;1-3-4-2/h2-8,10,13H,9,11H2,1H3;3H,1-2H3. The monoisotopic (exact) mass is 425 g/mol. The van der Waals surface area contributed by atoms with Crippen molar-refractivity contribution in [2.24, 2.45) is 0 Å². The molecular weight excluding hydrogens is 402 g/mol. The third-order valence-electron chi connectivity index (χ3n) is 3.99. The van der Waals surface area contributed by atoms with Gasteiger partial charge in [0.25, 0.3) is 0 Å². The first-order valence-corrected chi connectivity index (χ1v) is 11.0. The third-order valence-corrected chi connectivity index (χ3v) is 5.41. The number of nitriles is 1. The van der Waals surface area contributed by atoms with Crippen LogP contribution < -0.4 is 9.62 Å². The molecule has 3 aromatic rings. The molecule has 0 aliphatic heterocycles. The minimum Gasteiger partial charge on any atom is -0.317 e. The Kier molecular flexibility index (Phi) is 9.31. The molecule has 0 unspecified atom stereocenters. The fourth-order valence-corrected chi connectivity index (χ4v) is 3.37. The first-order valence-electron chi connectivity index (χ1n) is 8.92. The predicted octanol–water partition coefficient (Wildman–Crippen LogP) is 4.40. The summed E-state index contributed by atoms with van der Waals surface area (Å²) < 4.78 is 2.85. The van der Waals surface area contributed by atoms with Gasteiger partial charge in [0.15, 0.2) is 11.4 Å². The van der Waals surface area contributed by atoms with Gasteiger partial charge in [-0.15, -0.1) is 11.3 Å². The first kappa shape index (κ1) is 22.6. The number of carbonyl (C=O) groups is 1. The zero-order chi connectivity index (χ0) is 21.1. The number of thiazole rings is 1. The quantitative estimate of drug-likeness (QED) is 0.444. The maximum atomic E-state index is 11.1. The Balaban J connectivity index is 0.000000687. The van der Waals surface area contributed by atoms with E-state index in [1.54, 1.807) is 30.3 Å². The summed E-state index contributed by atoms with van der Waals surface area (Å²) >= 11 is 3.09. The SMILES string of the molecule is CNSC.Cc1sc(N(CCc2ccccn2)c2ccc(C#N)cc2)nc1C=O. The second-order valence-corrected chi connectivity index (χ2v) is 7.84. The largest absolute Gasteiger partial charge is 0.317 e. The average molecular weight is 426 g/mol. The summed E-state index contributed by atoms with van der Waals surface area (Å²) in [4.78, 5) is 22.9. The van der Waals surface area contributed by atoms with Crippen molar-refractivity contribution in [2.75, 3.05) is 24.7 Å². The van der Waals surface area contributed by atoms with Gasteiger partial charge in [-0.3, -0.25) is 14.5 Å². The molecule has 150 valence electrons. The predicted molar refractivity (Wildman–Crippen MR) is 121 cm³/mol. The summed E-state index contributed by atoms with van der Waals surface area (Å²) in [7, 11) is 1.89. The molecule has 6 nitrogen and oxygen atoms in total. The maximum absolute atomic E-state index is 11.1. The number of hydrogen-bond donors (Lipinski definition) is 1. The Bertz CT molecular complexity index is 934. The van der Waals surface area contributed by atoms with Crippen molar-refractivity contribution < 1.29 is 4.79 Å². The number of nitrogens with zero attached hydrogens (tertiary/aromatic N) is 4. The molecule has 0 amide bonds. The van der Waals surface area contributed by atoms with E-state index < -0.39 is 0 Å². The fourth-order valence-electron chi connectivity index (χ4n) is 2.44. The molecule has 0 atom stereocenters. The van der Waals surface area contributed by atoms with Crippen LogP contribution >= 0.6 is 23.3 Å². The van der Waals surface area contributed by atoms with Crippen LogP contribution in [0.25, 0.3) is 0 Å². The van der Waals surface area contributed by atoms with Crippen molar-refractivity contribution in [1.29, 1.82) is 5.26 Å². The Morgan fingerprint density at radius 1 is 1.28 bits per heavy atom. The van der Waals surface area contributed by atoms with Crippen molar-refractivity contribution in [3.05, 3.63) is 70.5 Å². The van der Waals surface area contributed by atoms with Gasteiger partial charge in [0, 0.05) is 35.4 Å². The molecule has 2 aromatic heterocycles. The molecular formula is C21H23N5OS2. The Hall–Kier alpha value is -2.73. The summed E-state index contributed by atoms with van der Waals surface area (Å²) in [6.07, 6.45) is 5.29. The van der Waals surface area contributed by atoms with Crippen LogP contribution in [-0.4, -0.2) is 36.1 Å². The molecule has 29 heavy (non-hydrogen) atoms. The molecule has 0 fully saturated rings. The molecule has 1 aromatic carbocycles. The lowest BCUT2D eigenvalue weighted by Gasteiger charge is -2.22. The molecule has 0 aliphatic rings. The lowest BCUT2D eigenvalue weighted by Crippen LogP contribution is -2.20. The van der Waals surface area contributed by atoms with E-state index in [-0.39, 0.29) is 0 Å². The normalized spacial score (nSPS) is 9.86. The molecule has 0 radical (unpaired) electrons. The van der Waals surface area contributed by atoms with Gasteiger partial charge in [-0.25, -0.2) is 4.98 Å². The summed E-state index contributed by atoms with van der Waals surface area (Å²) in [6.45, 7) is 2.56. The highest BCUT2D eigenvalue weighted by Crippen LogP contribution is 2.31. The number of nitrogens with one attached hydrogen (secondary N) is 1. The van der Waals surface area contributed by atoms with E-state index in [4.69, 9.17) is 5.26 Å². The second kappa shape index (κ2) is 12.0. The van der Waals surface area contributed by atoms with Crippen molar-refractivity contribution in [1.82, 2.24) is 14.7 Å². The first-order chi connectivity index (χ1) is 14.1. The molecule has 8 heteroatoms. The summed E-state index contributed by atoms with van der Waals surface area (Å²) in [5, 5.41) is 9.75. The molecule has 0 bridgehead atoms. The maximum Gasteiger partial charge on any atom is 0.190 e. The Morgan fingerprint density at radius 2 is 2.00 bits per heavy atom. The van der Waals surface area contributed by atoms with Crippen molar-refractivity contribution in [3.8, 4) is 6.07 Å². The number of pyridine rings is 1. The molecule has 0 saturated heterocycles. The number of aromatic nitrogens is 2. The minimum atomic E-state index is 0.469. The van der Waals surface area contributed by atoms with Gasteiger partial charge < -0.3 is 4.90 Å². The van der Waals surface area contributed by atoms with Crippen LogP contribution in [0, 0.1) is 18.3 Å². The van der Waals surface area contributed by atoms with Gasteiger partial charge in [0.05, 0.1) is 11.6 Å². The smallest absolute Gasteiger partial charge is 0.190 e. The number of carbonyl (C=O) groups excluding carboxylic acids is 1. The van der Waals surface area contributed by atoms with Gasteiger partial charge in [-0.05, 0) is 56.6 Å². The van der Waals surface area contributed by atoms with Crippen molar-refractivity contribution in [2.45, 2.75) is 13.3 Å². The summed E-state index contributed by atoms with van der Waals surface area (Å²) in [5.74, 6) is 0. The van der Waals surface area contributed by atoms with Crippen LogP contribution in [0.2, 0.25) is 0 Å². The highest BCUT2D eigenvalue weighted by atomic mass is 32.2. The number of benzene rings is 1. The highest BCUT2D eigenvalue weighted by Gasteiger charge is 2.16. The number of aldehydes is 1. The zero-order valence-electron chi connectivity index (χ0n) is 16.6. The molecule has 0 aliphatic carbocycles. The summed E-state index contributed by atoms with van der Waals surface area (Å²) in [5.41, 5.74) is 3.00. The lowest BCUT2D eigenvalue weighted by atomic mass is 10.2. The fraction of sp³-hybridized carbons (Fsp3) is 0.238. The topological polar surface area (TPSA) is 81.9 Å². The van der Waals surface area contributed by atoms with Crippen LogP contribution in [-0.2, 0) is 6.42 Å². The van der Waals surface area contributed by atoms with Crippen LogP contribution in [0.5, 0.6) is 0 Å². The molecule has 2 heterocycles. The molecule has 3 rings (SSSR count). The molecule has 1 N–H and O–H groups in total. The number of hydrogen-bond acceptors (Lipinski definition) is 8. The number of rotatable bonds is 7. The number of aryl methyl sites for hydroxylation is 1. The highest BCUT2D eigenvalue weighted by molar-refractivity contribution is 7.96. The van der Waals surface area contributed by atoms with E-state index in [1.807, 2.05) is 50.6 Å². The van der Waals surface area contributed by atoms with Crippen LogP contribution in [0.1, 0.15) is 26.6 Å². The van der Waals surface area contributed by atoms with Crippen molar-refractivity contribution in [3.63, 3.8) is 0 Å². The van der Waals surface area contributed by atoms with Gasteiger partial charge in [0.2, 0.25) is 0 Å². The van der Waals surface area contributed by atoms with Crippen LogP contribution in [0.4, 0.5) is 10.8 Å². The molecule has 0 spiro atoms. The summed E-state index contributed by atoms with van der Waals surface area (Å²) in [6, 6.07) is 15.3. The van der Waals surface area contributed by atoms with Gasteiger partial charge in [0.1, 0.15) is 5.69 Å². The number of anilines is 2. The van der Waals surface area contributed by atoms with Crippen LogP contribution in [0.15, 0.2) is 48.7 Å². The van der Waals surface area contributed by atoms with E-state index >= 15 is 0 Å². The van der Waals surface area contributed by atoms with Gasteiger partial charge in [-0.1, -0.05) is 18.0 Å². The zero-order valence-corrected chi connectivity index (χ0v) is 18.3. The van der Waals surface area contributed by atoms with E-state index in [2.05, 4.69) is 25.7 Å². The molecule has 0 saturated carbocycles. The third kappa shape index (κ3) is 6.68. The van der Waals surface area contributed by atoms with E-state index in [9.17, 15) is 4.79 Å². The average Bonchev–Trinajstić information content (AvgIpc) is 3.15. The van der Waals surface area contributed by atoms with Crippen LogP contribution in [0.3, 0.4) is 0 Å². The van der Waals surface area contributed by atoms with Gasteiger partial charge >= 0.3 is 0 Å². The lowest BCUT2D eigenvalue weighted by molar-refractivity contribution is 0.111. The minimum absolute atomic E-state index is 0.469. The Labute approximate surface area is 179 Å². The van der Waals surface area contributed by atoms with E-state index in [0.29, 0.717) is 17.8 Å². The Morgan fingerprint density at radius 3 is 2.52 bits per heavy atom.